The minimum Gasteiger partial charge on any atom is -0.545 e. The van der Waals surface area contributed by atoms with Crippen LogP contribution < -0.4 is 5.11 Å². The lowest BCUT2D eigenvalue weighted by Crippen LogP contribution is -2.22. The van der Waals surface area contributed by atoms with Gasteiger partial charge in [-0.25, -0.2) is 9.50 Å². The van der Waals surface area contributed by atoms with Gasteiger partial charge in [0.25, 0.3) is 0 Å². The number of rotatable bonds is 1. The zero-order valence-corrected chi connectivity index (χ0v) is 6.89. The minimum atomic E-state index is -1.26. The smallest absolute Gasteiger partial charge is 0.164 e. The molecule has 0 spiro atoms. The lowest BCUT2D eigenvalue weighted by Gasteiger charge is -1.98. The number of carbonyl (C=O) groups excluding carboxylic acids is 1. The van der Waals surface area contributed by atoms with Crippen LogP contribution in [-0.2, 0) is 0 Å². The molecule has 5 heteroatoms. The average Bonchev–Trinajstić information content (AvgIpc) is 2.46. The molecule has 0 atom stereocenters. The molecule has 0 fully saturated rings. The van der Waals surface area contributed by atoms with E-state index < -0.39 is 5.97 Å². The third-order valence-corrected chi connectivity index (χ3v) is 1.71. The summed E-state index contributed by atoms with van der Waals surface area (Å²) >= 11 is 0. The lowest BCUT2D eigenvalue weighted by molar-refractivity contribution is -0.254. The highest BCUT2D eigenvalue weighted by molar-refractivity contribution is 5.92. The summed E-state index contributed by atoms with van der Waals surface area (Å²) < 4.78 is 1.42. The van der Waals surface area contributed by atoms with Crippen LogP contribution in [0.2, 0.25) is 0 Å². The topological polar surface area (TPSA) is 70.3 Å². The third-order valence-electron chi connectivity index (χ3n) is 1.71. The van der Waals surface area contributed by atoms with E-state index in [-0.39, 0.29) is 5.56 Å². The summed E-state index contributed by atoms with van der Waals surface area (Å²) in [5.41, 5.74) is 1.24. The first-order chi connectivity index (χ1) is 6.18. The van der Waals surface area contributed by atoms with Crippen LogP contribution in [0.3, 0.4) is 0 Å². The van der Waals surface area contributed by atoms with Gasteiger partial charge in [-0.05, 0) is 12.5 Å². The van der Waals surface area contributed by atoms with Gasteiger partial charge >= 0.3 is 0 Å². The second kappa shape index (κ2) is 2.55. The van der Waals surface area contributed by atoms with Gasteiger partial charge in [0.1, 0.15) is 0 Å². The van der Waals surface area contributed by atoms with Crippen molar-refractivity contribution in [1.29, 1.82) is 0 Å². The molecule has 0 aliphatic heterocycles. The molecular weight excluding hydrogens is 170 g/mol. The molecule has 66 valence electrons. The Kier molecular flexibility index (Phi) is 1.51. The van der Waals surface area contributed by atoms with E-state index in [0.717, 1.165) is 5.56 Å². The van der Waals surface area contributed by atoms with E-state index in [0.29, 0.717) is 5.65 Å². The van der Waals surface area contributed by atoms with Crippen LogP contribution in [0, 0.1) is 6.92 Å². The zero-order valence-electron chi connectivity index (χ0n) is 6.89. The quantitative estimate of drug-likeness (QED) is 0.581. The molecule has 0 radical (unpaired) electrons. The Balaban J connectivity index is 2.76. The van der Waals surface area contributed by atoms with Gasteiger partial charge in [-0.15, -0.1) is 0 Å². The Morgan fingerprint density at radius 1 is 1.54 bits per heavy atom. The molecule has 5 nitrogen and oxygen atoms in total. The van der Waals surface area contributed by atoms with E-state index in [4.69, 9.17) is 0 Å². The van der Waals surface area contributed by atoms with Gasteiger partial charge in [0.05, 0.1) is 17.7 Å². The van der Waals surface area contributed by atoms with Crippen molar-refractivity contribution in [3.63, 3.8) is 0 Å². The van der Waals surface area contributed by atoms with Crippen LogP contribution in [0.4, 0.5) is 0 Å². The Morgan fingerprint density at radius 2 is 2.31 bits per heavy atom. The van der Waals surface area contributed by atoms with Gasteiger partial charge in [-0.2, -0.15) is 5.10 Å². The van der Waals surface area contributed by atoms with Gasteiger partial charge in [0, 0.05) is 12.4 Å². The second-order valence-electron chi connectivity index (χ2n) is 2.75. The van der Waals surface area contributed by atoms with E-state index in [1.165, 1.54) is 10.7 Å². The fourth-order valence-electron chi connectivity index (χ4n) is 1.11. The van der Waals surface area contributed by atoms with E-state index in [9.17, 15) is 9.90 Å². The number of aryl methyl sites for hydroxylation is 1. The number of aromatic carboxylic acids is 1. The second-order valence-corrected chi connectivity index (χ2v) is 2.75. The minimum absolute atomic E-state index is 0.0139. The number of carboxylic acid groups (broad SMARTS) is 1. The number of hydrogen-bond donors (Lipinski definition) is 0. The van der Waals surface area contributed by atoms with Crippen LogP contribution in [0.1, 0.15) is 15.9 Å². The van der Waals surface area contributed by atoms with Crippen LogP contribution in [0.15, 0.2) is 18.6 Å². The van der Waals surface area contributed by atoms with Crippen LogP contribution in [-0.4, -0.2) is 20.6 Å². The number of aromatic nitrogens is 3. The van der Waals surface area contributed by atoms with Gasteiger partial charge in [-0.3, -0.25) is 0 Å². The normalized spacial score (nSPS) is 10.5. The Bertz CT molecular complexity index is 475. The van der Waals surface area contributed by atoms with Crippen LogP contribution >= 0.6 is 0 Å². The fraction of sp³-hybridized carbons (Fsp3) is 0.125. The molecule has 0 saturated carbocycles. The Labute approximate surface area is 73.6 Å². The number of hydrogen-bond acceptors (Lipinski definition) is 4. The summed E-state index contributed by atoms with van der Waals surface area (Å²) in [7, 11) is 0. The predicted molar refractivity (Wildman–Crippen MR) is 42.1 cm³/mol. The molecule has 0 aromatic carbocycles. The average molecular weight is 176 g/mol. The molecule has 0 amide bonds. The van der Waals surface area contributed by atoms with Crippen molar-refractivity contribution in [1.82, 2.24) is 14.6 Å². The Morgan fingerprint density at radius 3 is 3.00 bits per heavy atom. The molecule has 2 aromatic rings. The van der Waals surface area contributed by atoms with Gasteiger partial charge in [0.2, 0.25) is 0 Å². The molecular formula is C8H6N3O2-. The monoisotopic (exact) mass is 176 g/mol. The zero-order chi connectivity index (χ0) is 9.42. The van der Waals surface area contributed by atoms with Gasteiger partial charge < -0.3 is 9.90 Å². The Hall–Kier alpha value is -1.91. The first kappa shape index (κ1) is 7.72. The van der Waals surface area contributed by atoms with Crippen molar-refractivity contribution in [3.8, 4) is 0 Å². The lowest BCUT2D eigenvalue weighted by atomic mass is 10.3. The van der Waals surface area contributed by atoms with Crippen molar-refractivity contribution < 1.29 is 9.90 Å². The summed E-state index contributed by atoms with van der Waals surface area (Å²) in [4.78, 5) is 14.5. The number of carbonyl (C=O) groups is 1. The van der Waals surface area contributed by atoms with Gasteiger partial charge in [0.15, 0.2) is 5.65 Å². The molecule has 2 rings (SSSR count). The van der Waals surface area contributed by atoms with Crippen molar-refractivity contribution in [2.75, 3.05) is 0 Å². The molecule has 2 heterocycles. The summed E-state index contributed by atoms with van der Waals surface area (Å²) in [5, 5.41) is 14.4. The van der Waals surface area contributed by atoms with Crippen LogP contribution in [0.25, 0.3) is 5.65 Å². The standard InChI is InChI=1S/C8H7N3O2/c1-5-2-9-7-6(8(12)13)3-10-11(7)4-5/h2-4H,1H3,(H,12,13)/p-1. The highest BCUT2D eigenvalue weighted by atomic mass is 16.4. The maximum absolute atomic E-state index is 10.6. The third kappa shape index (κ3) is 1.14. The summed E-state index contributed by atoms with van der Waals surface area (Å²) in [6.45, 7) is 1.85. The van der Waals surface area contributed by atoms with Crippen molar-refractivity contribution >= 4 is 11.6 Å². The first-order valence-corrected chi connectivity index (χ1v) is 3.70. The summed E-state index contributed by atoms with van der Waals surface area (Å²) in [6.07, 6.45) is 4.52. The molecule has 0 unspecified atom stereocenters. The van der Waals surface area contributed by atoms with Gasteiger partial charge in [-0.1, -0.05) is 0 Å². The van der Waals surface area contributed by atoms with E-state index in [1.54, 1.807) is 12.4 Å². The molecule has 2 aromatic heterocycles. The predicted octanol–water partition coefficient (Wildman–Crippen LogP) is -0.599. The SMILES string of the molecule is Cc1cnc2c(C(=O)[O-])cnn2c1. The van der Waals surface area contributed by atoms with E-state index in [2.05, 4.69) is 10.1 Å². The number of carboxylic acids is 1. The molecule has 0 aliphatic rings. The molecule has 0 bridgehead atoms. The van der Waals surface area contributed by atoms with Crippen LogP contribution in [0.5, 0.6) is 0 Å². The van der Waals surface area contributed by atoms with Crippen molar-refractivity contribution in [2.45, 2.75) is 6.92 Å². The van der Waals surface area contributed by atoms with Crippen molar-refractivity contribution in [2.24, 2.45) is 0 Å². The fourth-order valence-corrected chi connectivity index (χ4v) is 1.11. The molecule has 0 N–H and O–H groups in total. The maximum atomic E-state index is 10.6. The summed E-state index contributed by atoms with van der Waals surface area (Å²) in [5.74, 6) is -1.26. The highest BCUT2D eigenvalue weighted by Gasteiger charge is 2.04. The maximum Gasteiger partial charge on any atom is 0.164 e. The van der Waals surface area contributed by atoms with Crippen molar-refractivity contribution in [3.05, 3.63) is 29.7 Å². The first-order valence-electron chi connectivity index (χ1n) is 3.70. The molecule has 0 saturated heterocycles. The molecule has 13 heavy (non-hydrogen) atoms. The largest absolute Gasteiger partial charge is 0.545 e. The summed E-state index contributed by atoms with van der Waals surface area (Å²) in [6, 6.07) is 0. The van der Waals surface area contributed by atoms with E-state index in [1.807, 2.05) is 6.92 Å². The highest BCUT2D eigenvalue weighted by Crippen LogP contribution is 2.06. The number of fused-ring (bicyclic) bond motifs is 1. The number of nitrogens with zero attached hydrogens (tertiary/aromatic N) is 3. The van der Waals surface area contributed by atoms with E-state index >= 15 is 0 Å². The molecule has 0 aliphatic carbocycles.